The number of hydrogen-bond donors (Lipinski definition) is 0. The Kier molecular flexibility index (Phi) is 3.88. The molecule has 3 aromatic rings. The Labute approximate surface area is 191 Å². The van der Waals surface area contributed by atoms with Gasteiger partial charge in [0.15, 0.2) is 0 Å². The van der Waals surface area contributed by atoms with Gasteiger partial charge in [-0.25, -0.2) is 9.69 Å². The minimum atomic E-state index is -0.670. The number of nitrogens with zero attached hydrogens (tertiary/aromatic N) is 2. The normalized spacial score (nSPS) is 20.2. The Morgan fingerprint density at radius 2 is 1.45 bits per heavy atom. The zero-order chi connectivity index (χ0) is 23.3. The van der Waals surface area contributed by atoms with Crippen LogP contribution in [0.25, 0.3) is 11.0 Å². The molecule has 0 spiro atoms. The van der Waals surface area contributed by atoms with Gasteiger partial charge >= 0.3 is 5.63 Å². The average molecular weight is 443 g/mol. The van der Waals surface area contributed by atoms with E-state index in [1.54, 1.807) is 30.3 Å². The monoisotopic (exact) mass is 442 g/mol. The molecular weight excluding hydrogens is 416 g/mol. The van der Waals surface area contributed by atoms with E-state index in [4.69, 9.17) is 4.42 Å². The fourth-order valence-corrected chi connectivity index (χ4v) is 5.70. The van der Waals surface area contributed by atoms with Crippen molar-refractivity contribution in [3.63, 3.8) is 0 Å². The third-order valence-corrected chi connectivity index (χ3v) is 7.75. The van der Waals surface area contributed by atoms with Gasteiger partial charge in [-0.1, -0.05) is 39.8 Å². The molecule has 0 bridgehead atoms. The Hall–Kier alpha value is -3.41. The summed E-state index contributed by atoms with van der Waals surface area (Å²) in [5.74, 6) is -0.984. The Morgan fingerprint density at radius 3 is 2.09 bits per heavy atom. The van der Waals surface area contributed by atoms with Crippen molar-refractivity contribution < 1.29 is 14.0 Å². The summed E-state index contributed by atoms with van der Waals surface area (Å²) >= 11 is 0. The third kappa shape index (κ3) is 2.63. The van der Waals surface area contributed by atoms with Gasteiger partial charge in [0.05, 0.1) is 11.1 Å². The molecule has 0 fully saturated rings. The van der Waals surface area contributed by atoms with Crippen LogP contribution in [0.1, 0.15) is 72.4 Å². The number of carbonyl (C=O) groups excluding carboxylic acids is 2. The number of anilines is 2. The molecule has 0 atom stereocenters. The number of benzene rings is 2. The van der Waals surface area contributed by atoms with Crippen LogP contribution in [0.3, 0.4) is 0 Å². The molecule has 6 nitrogen and oxygen atoms in total. The lowest BCUT2D eigenvalue weighted by molar-refractivity contribution is 0.0925. The Bertz CT molecular complexity index is 1410. The Morgan fingerprint density at radius 1 is 0.848 bits per heavy atom. The van der Waals surface area contributed by atoms with Crippen LogP contribution in [-0.4, -0.2) is 24.9 Å². The van der Waals surface area contributed by atoms with Crippen LogP contribution in [0.15, 0.2) is 45.6 Å². The average Bonchev–Trinajstić information content (AvgIpc) is 3.02. The maximum Gasteiger partial charge on any atom is 0.360 e. The lowest BCUT2D eigenvalue weighted by Gasteiger charge is -2.48. The second kappa shape index (κ2) is 6.34. The fourth-order valence-electron chi connectivity index (χ4n) is 5.70. The van der Waals surface area contributed by atoms with Gasteiger partial charge in [-0.05, 0) is 53.5 Å². The van der Waals surface area contributed by atoms with Crippen LogP contribution in [-0.2, 0) is 10.8 Å². The van der Waals surface area contributed by atoms with Crippen molar-refractivity contribution in [2.75, 3.05) is 22.9 Å². The number of rotatable bonds is 1. The van der Waals surface area contributed by atoms with Crippen LogP contribution in [0, 0.1) is 0 Å². The number of fused-ring (bicyclic) bond motifs is 3. The number of carbonyl (C=O) groups is 2. The van der Waals surface area contributed by atoms with E-state index in [1.807, 2.05) is 0 Å². The topological polar surface area (TPSA) is 70.8 Å². The summed E-state index contributed by atoms with van der Waals surface area (Å²) < 4.78 is 5.95. The lowest BCUT2D eigenvalue weighted by Crippen LogP contribution is -2.44. The first-order valence-corrected chi connectivity index (χ1v) is 11.5. The van der Waals surface area contributed by atoms with Crippen LogP contribution < -0.4 is 15.4 Å². The molecule has 0 aliphatic carbocycles. The standard InChI is InChI=1S/C27H26N2O4/c1-26(2)9-11-28-12-10-27(3,4)20-21(28)18(26)13-15-14-19(25(32)33-22(15)20)29-23(30)16-7-5-6-8-17(16)24(29)31/h5-8,13-14H,9-12H2,1-4H3. The lowest BCUT2D eigenvalue weighted by atomic mass is 9.69. The highest BCUT2D eigenvalue weighted by Crippen LogP contribution is 2.51. The van der Waals surface area contributed by atoms with Crippen molar-refractivity contribution in [3.8, 4) is 0 Å². The van der Waals surface area contributed by atoms with E-state index in [2.05, 4.69) is 38.7 Å². The van der Waals surface area contributed by atoms with E-state index in [-0.39, 0.29) is 16.5 Å². The summed E-state index contributed by atoms with van der Waals surface area (Å²) in [6.07, 6.45) is 2.00. The molecule has 2 aromatic carbocycles. The van der Waals surface area contributed by atoms with E-state index in [0.29, 0.717) is 16.7 Å². The number of imide groups is 1. The summed E-state index contributed by atoms with van der Waals surface area (Å²) in [6.45, 7) is 10.8. The number of amides is 2. The first-order chi connectivity index (χ1) is 15.6. The van der Waals surface area contributed by atoms with Crippen LogP contribution in [0.2, 0.25) is 0 Å². The predicted molar refractivity (Wildman–Crippen MR) is 128 cm³/mol. The van der Waals surface area contributed by atoms with E-state index in [1.165, 1.54) is 11.3 Å². The van der Waals surface area contributed by atoms with Crippen molar-refractivity contribution in [2.45, 2.75) is 51.4 Å². The van der Waals surface area contributed by atoms with Gasteiger partial charge < -0.3 is 9.32 Å². The fraction of sp³-hybridized carbons (Fsp3) is 0.370. The highest BCUT2D eigenvalue weighted by Gasteiger charge is 2.43. The summed E-state index contributed by atoms with van der Waals surface area (Å²) in [7, 11) is 0. The second-order valence-electron chi connectivity index (χ2n) is 10.7. The molecule has 3 aliphatic heterocycles. The zero-order valence-corrected chi connectivity index (χ0v) is 19.3. The van der Waals surface area contributed by atoms with Gasteiger partial charge in [-0.2, -0.15) is 0 Å². The smallest absolute Gasteiger partial charge is 0.360 e. The molecule has 3 aliphatic rings. The van der Waals surface area contributed by atoms with Crippen molar-refractivity contribution >= 4 is 34.2 Å². The van der Waals surface area contributed by atoms with E-state index >= 15 is 0 Å². The van der Waals surface area contributed by atoms with Gasteiger partial charge in [0.2, 0.25) is 0 Å². The number of hydrogen-bond acceptors (Lipinski definition) is 5. The van der Waals surface area contributed by atoms with Gasteiger partial charge in [0.1, 0.15) is 11.3 Å². The largest absolute Gasteiger partial charge is 0.421 e. The molecule has 1 aromatic heterocycles. The SMILES string of the molecule is CC1(C)CCN2CCC(C)(C)c3c2c1cc1cc(N2C(=O)c4ccccc4C2=O)c(=O)oc31. The molecule has 4 heterocycles. The molecule has 33 heavy (non-hydrogen) atoms. The van der Waals surface area contributed by atoms with Gasteiger partial charge in [-0.3, -0.25) is 9.59 Å². The summed E-state index contributed by atoms with van der Waals surface area (Å²) in [5.41, 5.74) is 3.75. The molecule has 0 saturated heterocycles. The van der Waals surface area contributed by atoms with Crippen LogP contribution >= 0.6 is 0 Å². The van der Waals surface area contributed by atoms with Crippen molar-refractivity contribution in [1.29, 1.82) is 0 Å². The van der Waals surface area contributed by atoms with E-state index < -0.39 is 17.4 Å². The van der Waals surface area contributed by atoms with Crippen molar-refractivity contribution in [3.05, 3.63) is 69.1 Å². The zero-order valence-electron chi connectivity index (χ0n) is 19.3. The molecule has 2 amide bonds. The molecule has 6 heteroatoms. The molecule has 0 saturated carbocycles. The third-order valence-electron chi connectivity index (χ3n) is 7.75. The first-order valence-electron chi connectivity index (χ1n) is 11.5. The van der Waals surface area contributed by atoms with Crippen molar-refractivity contribution in [2.24, 2.45) is 0 Å². The molecule has 0 unspecified atom stereocenters. The van der Waals surface area contributed by atoms with Crippen molar-refractivity contribution in [1.82, 2.24) is 0 Å². The molecule has 0 N–H and O–H groups in total. The summed E-state index contributed by atoms with van der Waals surface area (Å²) in [6, 6.07) is 10.4. The highest BCUT2D eigenvalue weighted by atomic mass is 16.4. The minimum absolute atomic E-state index is 0.0278. The van der Waals surface area contributed by atoms with E-state index in [9.17, 15) is 14.4 Å². The Balaban J connectivity index is 1.63. The molecule has 6 rings (SSSR count). The minimum Gasteiger partial charge on any atom is -0.421 e. The predicted octanol–water partition coefficient (Wildman–Crippen LogP) is 4.76. The van der Waals surface area contributed by atoms with Gasteiger partial charge in [0.25, 0.3) is 11.8 Å². The molecule has 168 valence electrons. The first kappa shape index (κ1) is 20.2. The maximum absolute atomic E-state index is 13.2. The van der Waals surface area contributed by atoms with Crippen LogP contribution in [0.5, 0.6) is 0 Å². The van der Waals surface area contributed by atoms with Gasteiger partial charge in [-0.15, -0.1) is 0 Å². The van der Waals surface area contributed by atoms with Crippen LogP contribution in [0.4, 0.5) is 11.4 Å². The quantitative estimate of drug-likeness (QED) is 0.401. The summed E-state index contributed by atoms with van der Waals surface area (Å²) in [4.78, 5) is 42.6. The highest BCUT2D eigenvalue weighted by molar-refractivity contribution is 6.34. The molecular formula is C27H26N2O4. The maximum atomic E-state index is 13.2. The molecule has 0 radical (unpaired) electrons. The van der Waals surface area contributed by atoms with E-state index in [0.717, 1.165) is 41.8 Å². The van der Waals surface area contributed by atoms with Gasteiger partial charge in [0, 0.05) is 29.7 Å². The second-order valence-corrected chi connectivity index (χ2v) is 10.7. The summed E-state index contributed by atoms with van der Waals surface area (Å²) in [5, 5.41) is 0.750.